The average molecular weight is 489 g/mol. The van der Waals surface area contributed by atoms with Crippen LogP contribution in [0.3, 0.4) is 0 Å². The van der Waals surface area contributed by atoms with E-state index in [0.717, 1.165) is 37.5 Å². The van der Waals surface area contributed by atoms with E-state index in [2.05, 4.69) is 34.0 Å². The van der Waals surface area contributed by atoms with E-state index in [1.54, 1.807) is 25.2 Å². The van der Waals surface area contributed by atoms with Crippen LogP contribution in [0.5, 0.6) is 5.88 Å². The summed E-state index contributed by atoms with van der Waals surface area (Å²) in [7, 11) is 3.49. The molecule has 0 aliphatic carbocycles. The lowest BCUT2D eigenvalue weighted by atomic mass is 10.1. The molecule has 8 heteroatoms. The van der Waals surface area contributed by atoms with Crippen LogP contribution in [-0.2, 0) is 4.79 Å². The number of rotatable bonds is 5. The SMILES string of the molecule is Cc1ccnc(OC2CCN(C(=NCC(=O)N(C)C)NC(C)C)CC2)c1.I. The van der Waals surface area contributed by atoms with E-state index < -0.39 is 0 Å². The molecule has 1 aromatic heterocycles. The average Bonchev–Trinajstić information content (AvgIpc) is 2.58. The number of piperidine rings is 1. The van der Waals surface area contributed by atoms with Crippen LogP contribution >= 0.6 is 24.0 Å². The summed E-state index contributed by atoms with van der Waals surface area (Å²) >= 11 is 0. The summed E-state index contributed by atoms with van der Waals surface area (Å²) in [6.45, 7) is 8.01. The lowest BCUT2D eigenvalue weighted by Gasteiger charge is -2.35. The number of pyridine rings is 1. The highest BCUT2D eigenvalue weighted by molar-refractivity contribution is 14.0. The van der Waals surface area contributed by atoms with Crippen molar-refractivity contribution in [1.82, 2.24) is 20.1 Å². The molecule has 0 spiro atoms. The molecule has 0 bridgehead atoms. The molecular weight excluding hydrogens is 457 g/mol. The number of aromatic nitrogens is 1. The van der Waals surface area contributed by atoms with Crippen molar-refractivity contribution in [3.63, 3.8) is 0 Å². The number of hydrogen-bond acceptors (Lipinski definition) is 4. The summed E-state index contributed by atoms with van der Waals surface area (Å²) in [6, 6.07) is 4.19. The second kappa shape index (κ2) is 11.3. The fraction of sp³-hybridized carbons (Fsp3) is 0.632. The van der Waals surface area contributed by atoms with E-state index >= 15 is 0 Å². The van der Waals surface area contributed by atoms with Gasteiger partial charge < -0.3 is 19.9 Å². The molecule has 2 heterocycles. The van der Waals surface area contributed by atoms with Gasteiger partial charge in [-0.25, -0.2) is 9.98 Å². The van der Waals surface area contributed by atoms with Gasteiger partial charge in [-0.05, 0) is 32.4 Å². The summed E-state index contributed by atoms with van der Waals surface area (Å²) in [5.74, 6) is 1.48. The van der Waals surface area contributed by atoms with Gasteiger partial charge in [0, 0.05) is 58.3 Å². The zero-order valence-corrected chi connectivity index (χ0v) is 19.3. The van der Waals surface area contributed by atoms with Crippen LogP contribution in [-0.4, -0.2) is 72.5 Å². The number of halogens is 1. The van der Waals surface area contributed by atoms with Gasteiger partial charge in [-0.3, -0.25) is 4.79 Å². The van der Waals surface area contributed by atoms with Crippen molar-refractivity contribution in [3.8, 4) is 5.88 Å². The van der Waals surface area contributed by atoms with Crippen LogP contribution in [0.25, 0.3) is 0 Å². The Morgan fingerprint density at radius 1 is 1.41 bits per heavy atom. The molecule has 1 aliphatic heterocycles. The number of carbonyl (C=O) groups excluding carboxylic acids is 1. The molecule has 152 valence electrons. The summed E-state index contributed by atoms with van der Waals surface area (Å²) in [6.07, 6.45) is 3.73. The van der Waals surface area contributed by atoms with Crippen LogP contribution in [0.4, 0.5) is 0 Å². The molecule has 0 aromatic carbocycles. The maximum Gasteiger partial charge on any atom is 0.243 e. The Balaban J connectivity index is 0.00000364. The molecule has 1 N–H and O–H groups in total. The minimum absolute atomic E-state index is 0. The van der Waals surface area contributed by atoms with Crippen molar-refractivity contribution in [3.05, 3.63) is 23.9 Å². The first-order valence-electron chi connectivity index (χ1n) is 9.20. The first-order valence-corrected chi connectivity index (χ1v) is 9.20. The number of aliphatic imine (C=N–C) groups is 1. The van der Waals surface area contributed by atoms with Gasteiger partial charge in [0.05, 0.1) is 0 Å². The molecule has 1 saturated heterocycles. The maximum atomic E-state index is 11.8. The Hall–Kier alpha value is -1.58. The molecule has 0 saturated carbocycles. The van der Waals surface area contributed by atoms with Crippen molar-refractivity contribution < 1.29 is 9.53 Å². The third-order valence-corrected chi connectivity index (χ3v) is 4.20. The monoisotopic (exact) mass is 489 g/mol. The molecule has 1 aliphatic rings. The third kappa shape index (κ3) is 7.90. The number of nitrogens with one attached hydrogen (secondary N) is 1. The number of guanidine groups is 1. The Labute approximate surface area is 179 Å². The van der Waals surface area contributed by atoms with E-state index in [1.807, 2.05) is 19.1 Å². The number of hydrogen-bond donors (Lipinski definition) is 1. The number of amides is 1. The standard InChI is InChI=1S/C19H31N5O2.HI/c1-14(2)22-19(21-13-18(25)23(4)5)24-10-7-16(8-11-24)26-17-12-15(3)6-9-20-17;/h6,9,12,14,16H,7-8,10-11,13H2,1-5H3,(H,21,22);1H. The van der Waals surface area contributed by atoms with Crippen molar-refractivity contribution in [2.75, 3.05) is 33.7 Å². The fourth-order valence-corrected chi connectivity index (χ4v) is 2.71. The topological polar surface area (TPSA) is 70.1 Å². The Kier molecular flexibility index (Phi) is 9.82. The second-order valence-electron chi connectivity index (χ2n) is 7.20. The Morgan fingerprint density at radius 3 is 2.63 bits per heavy atom. The molecule has 1 fully saturated rings. The zero-order valence-electron chi connectivity index (χ0n) is 16.9. The third-order valence-electron chi connectivity index (χ3n) is 4.20. The molecule has 7 nitrogen and oxygen atoms in total. The summed E-state index contributed by atoms with van der Waals surface area (Å²) in [5, 5.41) is 3.37. The number of likely N-dealkylation sites (tertiary alicyclic amines) is 1. The summed E-state index contributed by atoms with van der Waals surface area (Å²) < 4.78 is 6.02. The van der Waals surface area contributed by atoms with E-state index in [1.165, 1.54) is 0 Å². The number of aryl methyl sites for hydroxylation is 1. The lowest BCUT2D eigenvalue weighted by molar-refractivity contribution is -0.127. The van der Waals surface area contributed by atoms with Crippen LogP contribution in [0.1, 0.15) is 32.3 Å². The predicted molar refractivity (Wildman–Crippen MR) is 119 cm³/mol. The molecule has 0 unspecified atom stereocenters. The maximum absolute atomic E-state index is 11.8. The van der Waals surface area contributed by atoms with E-state index in [9.17, 15) is 4.79 Å². The van der Waals surface area contributed by atoms with Crippen LogP contribution in [0.2, 0.25) is 0 Å². The normalized spacial score (nSPS) is 15.3. The minimum Gasteiger partial charge on any atom is -0.474 e. The van der Waals surface area contributed by atoms with Crippen LogP contribution in [0.15, 0.2) is 23.3 Å². The van der Waals surface area contributed by atoms with Crippen LogP contribution < -0.4 is 10.1 Å². The summed E-state index contributed by atoms with van der Waals surface area (Å²) in [4.78, 5) is 24.4. The largest absolute Gasteiger partial charge is 0.474 e. The minimum atomic E-state index is -0.00297. The van der Waals surface area contributed by atoms with Gasteiger partial charge in [0.2, 0.25) is 11.8 Å². The highest BCUT2D eigenvalue weighted by atomic mass is 127. The molecule has 1 aromatic rings. The zero-order chi connectivity index (χ0) is 19.1. The number of ether oxygens (including phenoxy) is 1. The molecule has 0 radical (unpaired) electrons. The second-order valence-corrected chi connectivity index (χ2v) is 7.20. The van der Waals surface area contributed by atoms with Crippen molar-refractivity contribution in [1.29, 1.82) is 0 Å². The van der Waals surface area contributed by atoms with E-state index in [-0.39, 0.29) is 48.6 Å². The first kappa shape index (κ1) is 23.5. The van der Waals surface area contributed by atoms with Gasteiger partial charge in [0.1, 0.15) is 12.6 Å². The molecule has 0 atom stereocenters. The van der Waals surface area contributed by atoms with Crippen molar-refractivity contribution >= 4 is 35.8 Å². The first-order chi connectivity index (χ1) is 12.3. The highest BCUT2D eigenvalue weighted by Gasteiger charge is 2.23. The lowest BCUT2D eigenvalue weighted by Crippen LogP contribution is -2.49. The quantitative estimate of drug-likeness (QED) is 0.391. The van der Waals surface area contributed by atoms with Gasteiger partial charge in [0.25, 0.3) is 0 Å². The van der Waals surface area contributed by atoms with Gasteiger partial charge >= 0.3 is 0 Å². The number of carbonyl (C=O) groups is 1. The molecule has 1 amide bonds. The number of likely N-dealkylation sites (N-methyl/N-ethyl adjacent to an activating group) is 1. The molecule has 2 rings (SSSR count). The van der Waals surface area contributed by atoms with Gasteiger partial charge in [-0.2, -0.15) is 0 Å². The highest BCUT2D eigenvalue weighted by Crippen LogP contribution is 2.18. The molecular formula is C19H32IN5O2. The number of nitrogens with zero attached hydrogens (tertiary/aromatic N) is 4. The van der Waals surface area contributed by atoms with Crippen molar-refractivity contribution in [2.45, 2.75) is 45.8 Å². The Bertz CT molecular complexity index is 628. The molecule has 27 heavy (non-hydrogen) atoms. The van der Waals surface area contributed by atoms with E-state index in [4.69, 9.17) is 4.74 Å². The van der Waals surface area contributed by atoms with Gasteiger partial charge in [-0.15, -0.1) is 24.0 Å². The Morgan fingerprint density at radius 2 is 2.07 bits per heavy atom. The smallest absolute Gasteiger partial charge is 0.243 e. The van der Waals surface area contributed by atoms with Gasteiger partial charge in [0.15, 0.2) is 5.96 Å². The summed E-state index contributed by atoms with van der Waals surface area (Å²) in [5.41, 5.74) is 1.15. The fourth-order valence-electron chi connectivity index (χ4n) is 2.71. The predicted octanol–water partition coefficient (Wildman–Crippen LogP) is 2.29. The van der Waals surface area contributed by atoms with Gasteiger partial charge in [-0.1, -0.05) is 0 Å². The van der Waals surface area contributed by atoms with Crippen molar-refractivity contribution in [2.24, 2.45) is 4.99 Å². The van der Waals surface area contributed by atoms with Crippen LogP contribution in [0, 0.1) is 6.92 Å². The van der Waals surface area contributed by atoms with E-state index in [0.29, 0.717) is 5.88 Å².